The second-order valence-electron chi connectivity index (χ2n) is 4.80. The SMILES string of the molecule is CSc1ccc(-c2csc(C3CCCCN3)n2)cc1. The highest BCUT2D eigenvalue weighted by atomic mass is 32.2. The van der Waals surface area contributed by atoms with E-state index in [1.165, 1.54) is 34.7 Å². The predicted octanol–water partition coefficient (Wildman–Crippen LogP) is 4.35. The summed E-state index contributed by atoms with van der Waals surface area (Å²) < 4.78 is 0. The third-order valence-electron chi connectivity index (χ3n) is 3.52. The number of hydrogen-bond acceptors (Lipinski definition) is 4. The average Bonchev–Trinajstić information content (AvgIpc) is 2.98. The van der Waals surface area contributed by atoms with E-state index in [1.54, 1.807) is 23.1 Å². The Morgan fingerprint density at radius 2 is 2.11 bits per heavy atom. The fourth-order valence-electron chi connectivity index (χ4n) is 2.40. The minimum absolute atomic E-state index is 0.470. The molecule has 19 heavy (non-hydrogen) atoms. The van der Waals surface area contributed by atoms with Crippen LogP contribution in [-0.2, 0) is 0 Å². The lowest BCUT2D eigenvalue weighted by Gasteiger charge is -2.21. The molecule has 1 unspecified atom stereocenters. The fraction of sp³-hybridized carbons (Fsp3) is 0.400. The van der Waals surface area contributed by atoms with E-state index >= 15 is 0 Å². The highest BCUT2D eigenvalue weighted by Gasteiger charge is 2.18. The lowest BCUT2D eigenvalue weighted by Crippen LogP contribution is -2.26. The van der Waals surface area contributed by atoms with Crippen molar-refractivity contribution in [1.29, 1.82) is 0 Å². The third kappa shape index (κ3) is 3.02. The van der Waals surface area contributed by atoms with Gasteiger partial charge in [-0.2, -0.15) is 0 Å². The standard InChI is InChI=1S/C15H18N2S2/c1-18-12-7-5-11(6-8-12)14-10-19-15(17-14)13-4-2-3-9-16-13/h5-8,10,13,16H,2-4,9H2,1H3. The van der Waals surface area contributed by atoms with E-state index in [4.69, 9.17) is 4.98 Å². The summed E-state index contributed by atoms with van der Waals surface area (Å²) in [5.74, 6) is 0. The smallest absolute Gasteiger partial charge is 0.110 e. The molecule has 1 saturated heterocycles. The maximum Gasteiger partial charge on any atom is 0.110 e. The van der Waals surface area contributed by atoms with Crippen molar-refractivity contribution in [3.05, 3.63) is 34.7 Å². The molecule has 0 aliphatic carbocycles. The van der Waals surface area contributed by atoms with Gasteiger partial charge < -0.3 is 5.32 Å². The fourth-order valence-corrected chi connectivity index (χ4v) is 3.75. The number of hydrogen-bond donors (Lipinski definition) is 1. The molecular formula is C15H18N2S2. The molecule has 2 aromatic rings. The summed E-state index contributed by atoms with van der Waals surface area (Å²) in [7, 11) is 0. The van der Waals surface area contributed by atoms with Crippen molar-refractivity contribution in [2.45, 2.75) is 30.2 Å². The van der Waals surface area contributed by atoms with Gasteiger partial charge in [0.15, 0.2) is 0 Å². The van der Waals surface area contributed by atoms with Crippen molar-refractivity contribution in [2.75, 3.05) is 12.8 Å². The summed E-state index contributed by atoms with van der Waals surface area (Å²) in [5.41, 5.74) is 2.33. The molecule has 1 fully saturated rings. The molecule has 1 aromatic carbocycles. The van der Waals surface area contributed by atoms with Gasteiger partial charge in [0.2, 0.25) is 0 Å². The van der Waals surface area contributed by atoms with Crippen LogP contribution in [-0.4, -0.2) is 17.8 Å². The van der Waals surface area contributed by atoms with E-state index in [0.29, 0.717) is 6.04 Å². The molecule has 2 heterocycles. The summed E-state index contributed by atoms with van der Waals surface area (Å²) in [6, 6.07) is 9.13. The number of piperidine rings is 1. The Labute approximate surface area is 122 Å². The van der Waals surface area contributed by atoms with Crippen molar-refractivity contribution >= 4 is 23.1 Å². The van der Waals surface area contributed by atoms with E-state index in [-0.39, 0.29) is 0 Å². The number of thiazole rings is 1. The zero-order valence-electron chi connectivity index (χ0n) is 11.1. The predicted molar refractivity (Wildman–Crippen MR) is 83.9 cm³/mol. The highest BCUT2D eigenvalue weighted by Crippen LogP contribution is 2.30. The topological polar surface area (TPSA) is 24.9 Å². The Morgan fingerprint density at radius 3 is 2.79 bits per heavy atom. The maximum atomic E-state index is 4.81. The zero-order valence-corrected chi connectivity index (χ0v) is 12.7. The van der Waals surface area contributed by atoms with Crippen LogP contribution in [0.25, 0.3) is 11.3 Å². The van der Waals surface area contributed by atoms with Gasteiger partial charge in [0.25, 0.3) is 0 Å². The van der Waals surface area contributed by atoms with E-state index in [1.807, 2.05) is 0 Å². The van der Waals surface area contributed by atoms with Gasteiger partial charge in [-0.3, -0.25) is 0 Å². The average molecular weight is 290 g/mol. The summed E-state index contributed by atoms with van der Waals surface area (Å²) in [6.45, 7) is 1.13. The molecule has 0 amide bonds. The molecule has 0 spiro atoms. The molecule has 1 N–H and O–H groups in total. The molecule has 0 saturated carbocycles. The number of thioether (sulfide) groups is 1. The summed E-state index contributed by atoms with van der Waals surface area (Å²) >= 11 is 3.55. The van der Waals surface area contributed by atoms with E-state index in [0.717, 1.165) is 12.2 Å². The zero-order chi connectivity index (χ0) is 13.1. The Hall–Kier alpha value is -0.840. The van der Waals surface area contributed by atoms with Gasteiger partial charge in [0.05, 0.1) is 11.7 Å². The summed E-state index contributed by atoms with van der Waals surface area (Å²) in [5, 5.41) is 6.98. The quantitative estimate of drug-likeness (QED) is 0.851. The maximum absolute atomic E-state index is 4.81. The molecule has 0 bridgehead atoms. The van der Waals surface area contributed by atoms with Gasteiger partial charge in [0, 0.05) is 15.8 Å². The van der Waals surface area contributed by atoms with E-state index in [9.17, 15) is 0 Å². The minimum Gasteiger partial charge on any atom is -0.308 e. The molecule has 1 aliphatic rings. The monoisotopic (exact) mass is 290 g/mol. The first-order chi connectivity index (χ1) is 9.36. The first-order valence-electron chi connectivity index (χ1n) is 6.70. The van der Waals surface area contributed by atoms with E-state index in [2.05, 4.69) is 41.2 Å². The molecule has 1 aliphatic heterocycles. The van der Waals surface area contributed by atoms with Crippen LogP contribution in [0.2, 0.25) is 0 Å². The molecule has 4 heteroatoms. The number of benzene rings is 1. The molecule has 1 atom stereocenters. The van der Waals surface area contributed by atoms with Crippen molar-refractivity contribution < 1.29 is 0 Å². The highest BCUT2D eigenvalue weighted by molar-refractivity contribution is 7.98. The second kappa shape index (κ2) is 6.07. The van der Waals surface area contributed by atoms with Crippen molar-refractivity contribution in [3.63, 3.8) is 0 Å². The van der Waals surface area contributed by atoms with Crippen LogP contribution in [0.15, 0.2) is 34.5 Å². The summed E-state index contributed by atoms with van der Waals surface area (Å²) in [4.78, 5) is 6.11. The van der Waals surface area contributed by atoms with Crippen LogP contribution < -0.4 is 5.32 Å². The lowest BCUT2D eigenvalue weighted by atomic mass is 10.1. The minimum atomic E-state index is 0.470. The van der Waals surface area contributed by atoms with Gasteiger partial charge in [0.1, 0.15) is 5.01 Å². The van der Waals surface area contributed by atoms with Crippen LogP contribution in [0, 0.1) is 0 Å². The number of nitrogens with one attached hydrogen (secondary N) is 1. The van der Waals surface area contributed by atoms with Crippen LogP contribution >= 0.6 is 23.1 Å². The molecule has 100 valence electrons. The van der Waals surface area contributed by atoms with E-state index < -0.39 is 0 Å². The van der Waals surface area contributed by atoms with Gasteiger partial charge in [-0.25, -0.2) is 4.98 Å². The van der Waals surface area contributed by atoms with Gasteiger partial charge in [-0.05, 0) is 37.8 Å². The largest absolute Gasteiger partial charge is 0.308 e. The second-order valence-corrected chi connectivity index (χ2v) is 6.57. The third-order valence-corrected chi connectivity index (χ3v) is 5.22. The molecule has 1 aromatic heterocycles. The molecule has 3 rings (SSSR count). The Balaban J connectivity index is 1.79. The van der Waals surface area contributed by atoms with Crippen molar-refractivity contribution in [3.8, 4) is 11.3 Å². The molecule has 2 nitrogen and oxygen atoms in total. The Bertz CT molecular complexity index is 527. The molecule has 0 radical (unpaired) electrons. The number of rotatable bonds is 3. The van der Waals surface area contributed by atoms with Gasteiger partial charge >= 0.3 is 0 Å². The Kier molecular flexibility index (Phi) is 4.21. The first-order valence-corrected chi connectivity index (χ1v) is 8.80. The van der Waals surface area contributed by atoms with Gasteiger partial charge in [-0.15, -0.1) is 23.1 Å². The normalized spacial score (nSPS) is 19.5. The van der Waals surface area contributed by atoms with Crippen molar-refractivity contribution in [1.82, 2.24) is 10.3 Å². The van der Waals surface area contributed by atoms with Crippen molar-refractivity contribution in [2.24, 2.45) is 0 Å². The van der Waals surface area contributed by atoms with Crippen LogP contribution in [0.4, 0.5) is 0 Å². The number of nitrogens with zero attached hydrogens (tertiary/aromatic N) is 1. The summed E-state index contributed by atoms with van der Waals surface area (Å²) in [6.07, 6.45) is 5.93. The first kappa shape index (κ1) is 13.2. The van der Waals surface area contributed by atoms with Gasteiger partial charge in [-0.1, -0.05) is 18.6 Å². The Morgan fingerprint density at radius 1 is 1.26 bits per heavy atom. The number of aromatic nitrogens is 1. The van der Waals surface area contributed by atoms with Crippen LogP contribution in [0.5, 0.6) is 0 Å². The lowest BCUT2D eigenvalue weighted by molar-refractivity contribution is 0.411. The molecular weight excluding hydrogens is 272 g/mol. The van der Waals surface area contributed by atoms with Crippen LogP contribution in [0.1, 0.15) is 30.3 Å². The van der Waals surface area contributed by atoms with Crippen LogP contribution in [0.3, 0.4) is 0 Å².